The molecule has 0 spiro atoms. The van der Waals surface area contributed by atoms with Gasteiger partial charge in [0.05, 0.1) is 6.10 Å². The molecule has 1 amide bonds. The van der Waals surface area contributed by atoms with Gasteiger partial charge in [0, 0.05) is 6.54 Å². The van der Waals surface area contributed by atoms with E-state index in [2.05, 4.69) is 5.32 Å². The number of benzene rings is 1. The van der Waals surface area contributed by atoms with Gasteiger partial charge in [-0.1, -0.05) is 26.0 Å². The summed E-state index contributed by atoms with van der Waals surface area (Å²) in [6, 6.07) is 7.16. The molecule has 4 heteroatoms. The highest BCUT2D eigenvalue weighted by atomic mass is 16.5. The molecule has 1 rings (SSSR count). The summed E-state index contributed by atoms with van der Waals surface area (Å²) in [6.07, 6.45) is 1.15. The Labute approximate surface area is 108 Å². The number of hydrogen-bond acceptors (Lipinski definition) is 3. The van der Waals surface area contributed by atoms with Crippen LogP contribution in [0, 0.1) is 0 Å². The molecule has 2 N–H and O–H groups in total. The van der Waals surface area contributed by atoms with E-state index in [0.29, 0.717) is 18.7 Å². The zero-order chi connectivity index (χ0) is 13.4. The van der Waals surface area contributed by atoms with E-state index in [1.807, 2.05) is 26.0 Å². The van der Waals surface area contributed by atoms with E-state index in [1.165, 1.54) is 0 Å². The Balaban J connectivity index is 2.41. The van der Waals surface area contributed by atoms with E-state index in [9.17, 15) is 9.90 Å². The predicted octanol–water partition coefficient (Wildman–Crippen LogP) is 2.04. The lowest BCUT2D eigenvalue weighted by atomic mass is 10.1. The number of hydrogen-bond donors (Lipinski definition) is 2. The fourth-order valence-electron chi connectivity index (χ4n) is 1.49. The Hall–Kier alpha value is -1.55. The van der Waals surface area contributed by atoms with Crippen LogP contribution < -0.4 is 10.1 Å². The largest absolute Gasteiger partial charge is 0.484 e. The molecular weight excluding hydrogens is 230 g/mol. The highest BCUT2D eigenvalue weighted by molar-refractivity contribution is 5.77. The van der Waals surface area contributed by atoms with Crippen LogP contribution in [0.2, 0.25) is 0 Å². The molecular formula is C14H21NO3. The highest BCUT2D eigenvalue weighted by Crippen LogP contribution is 2.19. The third-order valence-corrected chi connectivity index (χ3v) is 2.59. The van der Waals surface area contributed by atoms with Crippen molar-refractivity contribution in [3.63, 3.8) is 0 Å². The fraction of sp³-hybridized carbons (Fsp3) is 0.500. The minimum Gasteiger partial charge on any atom is -0.484 e. The van der Waals surface area contributed by atoms with Crippen LogP contribution in [-0.4, -0.2) is 24.2 Å². The first-order valence-electron chi connectivity index (χ1n) is 6.34. The molecule has 100 valence electrons. The first-order valence-corrected chi connectivity index (χ1v) is 6.34. The molecule has 0 aliphatic carbocycles. The van der Waals surface area contributed by atoms with Gasteiger partial charge in [-0.3, -0.25) is 4.79 Å². The summed E-state index contributed by atoms with van der Waals surface area (Å²) in [5.74, 6) is 0.517. The normalized spacial score (nSPS) is 11.9. The van der Waals surface area contributed by atoms with E-state index in [0.717, 1.165) is 12.0 Å². The molecule has 0 unspecified atom stereocenters. The van der Waals surface area contributed by atoms with Gasteiger partial charge in [-0.15, -0.1) is 0 Å². The maximum absolute atomic E-state index is 11.3. The van der Waals surface area contributed by atoms with Crippen LogP contribution in [0.4, 0.5) is 0 Å². The summed E-state index contributed by atoms with van der Waals surface area (Å²) in [7, 11) is 0. The van der Waals surface area contributed by atoms with Crippen LogP contribution in [0.15, 0.2) is 24.3 Å². The highest BCUT2D eigenvalue weighted by Gasteiger charge is 2.05. The molecule has 1 aromatic rings. The number of ether oxygens (including phenoxy) is 1. The lowest BCUT2D eigenvalue weighted by molar-refractivity contribution is -0.123. The van der Waals surface area contributed by atoms with Crippen molar-refractivity contribution in [3.8, 4) is 5.75 Å². The van der Waals surface area contributed by atoms with Crippen molar-refractivity contribution < 1.29 is 14.6 Å². The Bertz CT molecular complexity index is 362. The molecule has 0 radical (unpaired) electrons. The SMILES string of the molecule is CCCNC(=O)COc1ccc([C@H](O)CC)cc1. The number of aliphatic hydroxyl groups is 1. The number of aliphatic hydroxyl groups excluding tert-OH is 1. The Kier molecular flexibility index (Phi) is 6.22. The van der Waals surface area contributed by atoms with E-state index < -0.39 is 6.10 Å². The van der Waals surface area contributed by atoms with Crippen molar-refractivity contribution in [1.29, 1.82) is 0 Å². The maximum atomic E-state index is 11.3. The van der Waals surface area contributed by atoms with Gasteiger partial charge in [0.2, 0.25) is 0 Å². The monoisotopic (exact) mass is 251 g/mol. The van der Waals surface area contributed by atoms with Gasteiger partial charge in [-0.25, -0.2) is 0 Å². The molecule has 0 saturated heterocycles. The number of amides is 1. The van der Waals surface area contributed by atoms with Gasteiger partial charge in [0.15, 0.2) is 6.61 Å². The first-order chi connectivity index (χ1) is 8.67. The van der Waals surface area contributed by atoms with Gasteiger partial charge in [0.1, 0.15) is 5.75 Å². The Morgan fingerprint density at radius 2 is 2.00 bits per heavy atom. The Morgan fingerprint density at radius 1 is 1.33 bits per heavy atom. The van der Waals surface area contributed by atoms with Gasteiger partial charge in [-0.05, 0) is 30.5 Å². The van der Waals surface area contributed by atoms with Crippen LogP contribution in [0.25, 0.3) is 0 Å². The minimum absolute atomic E-state index is 0.0235. The quantitative estimate of drug-likeness (QED) is 0.779. The average Bonchev–Trinajstić information content (AvgIpc) is 2.42. The van der Waals surface area contributed by atoms with Gasteiger partial charge >= 0.3 is 0 Å². The summed E-state index contributed by atoms with van der Waals surface area (Å²) in [5, 5.41) is 12.4. The van der Waals surface area contributed by atoms with Gasteiger partial charge < -0.3 is 15.2 Å². The van der Waals surface area contributed by atoms with E-state index >= 15 is 0 Å². The predicted molar refractivity (Wildman–Crippen MR) is 70.5 cm³/mol. The molecule has 18 heavy (non-hydrogen) atoms. The van der Waals surface area contributed by atoms with Crippen LogP contribution in [-0.2, 0) is 4.79 Å². The number of carbonyl (C=O) groups excluding carboxylic acids is 1. The zero-order valence-corrected chi connectivity index (χ0v) is 11.0. The van der Waals surface area contributed by atoms with Crippen molar-refractivity contribution in [2.45, 2.75) is 32.8 Å². The van der Waals surface area contributed by atoms with E-state index in [1.54, 1.807) is 12.1 Å². The van der Waals surface area contributed by atoms with Crippen molar-refractivity contribution in [2.75, 3.05) is 13.2 Å². The van der Waals surface area contributed by atoms with Crippen molar-refractivity contribution in [1.82, 2.24) is 5.32 Å². The van der Waals surface area contributed by atoms with Crippen molar-refractivity contribution in [2.24, 2.45) is 0 Å². The van der Waals surface area contributed by atoms with Crippen LogP contribution in [0.1, 0.15) is 38.4 Å². The van der Waals surface area contributed by atoms with Gasteiger partial charge in [0.25, 0.3) is 5.91 Å². The molecule has 0 aliphatic rings. The van der Waals surface area contributed by atoms with Crippen LogP contribution >= 0.6 is 0 Å². The molecule has 0 fully saturated rings. The van der Waals surface area contributed by atoms with E-state index in [4.69, 9.17) is 4.74 Å². The molecule has 0 saturated carbocycles. The summed E-state index contributed by atoms with van der Waals surface area (Å²) >= 11 is 0. The second-order valence-electron chi connectivity index (χ2n) is 4.13. The standard InChI is InChI=1S/C14H21NO3/c1-3-9-15-14(17)10-18-12-7-5-11(6-8-12)13(16)4-2/h5-8,13,16H,3-4,9-10H2,1-2H3,(H,15,17)/t13-/m1/s1. The van der Waals surface area contributed by atoms with Crippen molar-refractivity contribution in [3.05, 3.63) is 29.8 Å². The van der Waals surface area contributed by atoms with E-state index in [-0.39, 0.29) is 12.5 Å². The number of carbonyl (C=O) groups is 1. The van der Waals surface area contributed by atoms with Crippen LogP contribution in [0.5, 0.6) is 5.75 Å². The van der Waals surface area contributed by atoms with Crippen LogP contribution in [0.3, 0.4) is 0 Å². The maximum Gasteiger partial charge on any atom is 0.257 e. The first kappa shape index (κ1) is 14.5. The molecule has 4 nitrogen and oxygen atoms in total. The lowest BCUT2D eigenvalue weighted by Gasteiger charge is -2.10. The average molecular weight is 251 g/mol. The smallest absolute Gasteiger partial charge is 0.257 e. The molecule has 0 aromatic heterocycles. The molecule has 1 atom stereocenters. The number of rotatable bonds is 7. The summed E-state index contributed by atoms with van der Waals surface area (Å²) in [5.41, 5.74) is 0.861. The zero-order valence-electron chi connectivity index (χ0n) is 11.0. The van der Waals surface area contributed by atoms with Crippen molar-refractivity contribution >= 4 is 5.91 Å². The second-order valence-corrected chi connectivity index (χ2v) is 4.13. The topological polar surface area (TPSA) is 58.6 Å². The molecule has 0 heterocycles. The molecule has 0 bridgehead atoms. The lowest BCUT2D eigenvalue weighted by Crippen LogP contribution is -2.29. The number of nitrogens with one attached hydrogen (secondary N) is 1. The fourth-order valence-corrected chi connectivity index (χ4v) is 1.49. The molecule has 1 aromatic carbocycles. The third-order valence-electron chi connectivity index (χ3n) is 2.59. The second kappa shape index (κ2) is 7.71. The Morgan fingerprint density at radius 3 is 2.56 bits per heavy atom. The molecule has 0 aliphatic heterocycles. The minimum atomic E-state index is -0.438. The summed E-state index contributed by atoms with van der Waals surface area (Å²) in [6.45, 7) is 4.62. The summed E-state index contributed by atoms with van der Waals surface area (Å²) < 4.78 is 5.34. The van der Waals surface area contributed by atoms with Gasteiger partial charge in [-0.2, -0.15) is 0 Å². The third kappa shape index (κ3) is 4.75. The summed E-state index contributed by atoms with van der Waals surface area (Å²) in [4.78, 5) is 11.3.